The number of alkyl halides is 6. The molecule has 0 bridgehead atoms. The first-order chi connectivity index (χ1) is 5.60. The van der Waals surface area contributed by atoms with E-state index in [2.05, 4.69) is 0 Å². The summed E-state index contributed by atoms with van der Waals surface area (Å²) in [6, 6.07) is 0. The van der Waals surface area contributed by atoms with Gasteiger partial charge in [-0.3, -0.25) is 0 Å². The second kappa shape index (κ2) is 4.04. The first-order valence-electron chi connectivity index (χ1n) is 2.81. The Hall–Kier alpha value is -0.650. The number of allylic oxidation sites excluding steroid dienone is 4. The van der Waals surface area contributed by atoms with Gasteiger partial charge in [0, 0.05) is 17.2 Å². The van der Waals surface area contributed by atoms with Gasteiger partial charge in [0.15, 0.2) is 0 Å². The van der Waals surface area contributed by atoms with Crippen molar-refractivity contribution in [3.05, 3.63) is 23.3 Å². The summed E-state index contributed by atoms with van der Waals surface area (Å²) in [5.41, 5.74) is 0. The van der Waals surface area contributed by atoms with Crippen LogP contribution < -0.4 is 0 Å². The van der Waals surface area contributed by atoms with Crippen molar-refractivity contribution in [1.82, 2.24) is 0 Å². The summed E-state index contributed by atoms with van der Waals surface area (Å²) in [5, 5.41) is -1.02. The third kappa shape index (κ3) is 9.26. The van der Waals surface area contributed by atoms with Crippen LogP contribution in [-0.2, 0) is 0 Å². The molecule has 0 aliphatic carbocycles. The number of rotatable bonds is 1. The fraction of sp³-hybridized carbons (Fsp3) is 0.333. The molecule has 0 radical (unpaired) electrons. The van der Waals surface area contributed by atoms with Crippen molar-refractivity contribution in [3.8, 4) is 0 Å². The van der Waals surface area contributed by atoms with Crippen LogP contribution in [0, 0.1) is 0 Å². The summed E-state index contributed by atoms with van der Waals surface area (Å²) in [4.78, 5) is 0. The van der Waals surface area contributed by atoms with Gasteiger partial charge in [-0.25, -0.2) is 0 Å². The van der Waals surface area contributed by atoms with Crippen LogP contribution in [0.1, 0.15) is 0 Å². The highest BCUT2D eigenvalue weighted by Crippen LogP contribution is 2.23. The quantitative estimate of drug-likeness (QED) is 0.470. The molecule has 0 nitrogen and oxygen atoms in total. The zero-order valence-electron chi connectivity index (χ0n) is 5.88. The van der Waals surface area contributed by atoms with Gasteiger partial charge in [-0.15, -0.1) is 0 Å². The van der Waals surface area contributed by atoms with Crippen LogP contribution in [0.5, 0.6) is 0 Å². The third-order valence-electron chi connectivity index (χ3n) is 0.733. The van der Waals surface area contributed by atoms with Crippen LogP contribution in [0.2, 0.25) is 0 Å². The molecular weight excluding hydrogens is 222 g/mol. The Morgan fingerprint density at radius 3 is 1.69 bits per heavy atom. The molecule has 0 aromatic carbocycles. The minimum atomic E-state index is -4.72. The van der Waals surface area contributed by atoms with Crippen LogP contribution >= 0.6 is 11.6 Å². The molecule has 0 amide bonds. The van der Waals surface area contributed by atoms with Gasteiger partial charge in [-0.2, -0.15) is 26.3 Å². The first kappa shape index (κ1) is 12.3. The summed E-state index contributed by atoms with van der Waals surface area (Å²) in [5.74, 6) is 0. The van der Waals surface area contributed by atoms with E-state index in [1.807, 2.05) is 0 Å². The molecule has 0 aromatic heterocycles. The Morgan fingerprint density at radius 1 is 0.923 bits per heavy atom. The van der Waals surface area contributed by atoms with E-state index >= 15 is 0 Å². The molecule has 0 unspecified atom stereocenters. The van der Waals surface area contributed by atoms with E-state index in [9.17, 15) is 26.3 Å². The van der Waals surface area contributed by atoms with E-state index in [0.717, 1.165) is 0 Å². The molecule has 7 heteroatoms. The molecular formula is C6H3ClF6. The minimum absolute atomic E-state index is 0.134. The molecule has 0 atom stereocenters. The molecule has 0 heterocycles. The van der Waals surface area contributed by atoms with Crippen molar-refractivity contribution in [3.63, 3.8) is 0 Å². The van der Waals surface area contributed by atoms with Gasteiger partial charge in [-0.05, 0) is 6.08 Å². The largest absolute Gasteiger partial charge is 0.411 e. The van der Waals surface area contributed by atoms with Crippen LogP contribution in [-0.4, -0.2) is 12.4 Å². The number of halogens is 7. The molecule has 0 aliphatic heterocycles. The summed E-state index contributed by atoms with van der Waals surface area (Å²) in [6.07, 6.45) is -10.1. The van der Waals surface area contributed by atoms with Crippen LogP contribution in [0.4, 0.5) is 26.3 Å². The second-order valence-electron chi connectivity index (χ2n) is 1.95. The molecule has 0 saturated carbocycles. The average Bonchev–Trinajstić information content (AvgIpc) is 1.78. The van der Waals surface area contributed by atoms with Crippen LogP contribution in [0.15, 0.2) is 23.3 Å². The fourth-order valence-electron chi connectivity index (χ4n) is 0.379. The molecule has 0 rings (SSSR count). The van der Waals surface area contributed by atoms with Gasteiger partial charge in [0.05, 0.1) is 0 Å². The topological polar surface area (TPSA) is 0 Å². The third-order valence-corrected chi connectivity index (χ3v) is 0.968. The summed E-state index contributed by atoms with van der Waals surface area (Å²) >= 11 is 4.83. The molecule has 0 saturated heterocycles. The Morgan fingerprint density at radius 2 is 1.38 bits per heavy atom. The van der Waals surface area contributed by atoms with E-state index < -0.39 is 23.5 Å². The van der Waals surface area contributed by atoms with E-state index in [1.54, 1.807) is 0 Å². The lowest BCUT2D eigenvalue weighted by molar-refractivity contribution is -0.0820. The van der Waals surface area contributed by atoms with E-state index in [0.29, 0.717) is 0 Å². The van der Waals surface area contributed by atoms with Gasteiger partial charge >= 0.3 is 12.4 Å². The normalized spacial score (nSPS) is 15.5. The highest BCUT2D eigenvalue weighted by Gasteiger charge is 2.25. The molecule has 76 valence electrons. The van der Waals surface area contributed by atoms with Crippen molar-refractivity contribution < 1.29 is 26.3 Å². The minimum Gasteiger partial charge on any atom is -0.167 e. The van der Waals surface area contributed by atoms with E-state index in [4.69, 9.17) is 11.6 Å². The first-order valence-corrected chi connectivity index (χ1v) is 3.19. The SMILES string of the molecule is FC(F)(F)C=CC(Cl)=CC(F)(F)F. The van der Waals surface area contributed by atoms with Gasteiger partial charge in [0.25, 0.3) is 0 Å². The molecule has 0 spiro atoms. The predicted octanol–water partition coefficient (Wildman–Crippen LogP) is 3.79. The van der Waals surface area contributed by atoms with Crippen LogP contribution in [0.25, 0.3) is 0 Å². The number of hydrogen-bond donors (Lipinski definition) is 0. The Bertz CT molecular complexity index is 220. The predicted molar refractivity (Wildman–Crippen MR) is 35.2 cm³/mol. The zero-order chi connectivity index (χ0) is 10.7. The van der Waals surface area contributed by atoms with Gasteiger partial charge in [0.1, 0.15) is 0 Å². The maximum atomic E-state index is 11.4. The molecule has 0 fully saturated rings. The van der Waals surface area contributed by atoms with Gasteiger partial charge in [0.2, 0.25) is 0 Å². The molecule has 13 heavy (non-hydrogen) atoms. The average molecular weight is 225 g/mol. The van der Waals surface area contributed by atoms with Crippen molar-refractivity contribution in [2.45, 2.75) is 12.4 Å². The monoisotopic (exact) mass is 224 g/mol. The molecule has 0 aromatic rings. The second-order valence-corrected chi connectivity index (χ2v) is 2.38. The van der Waals surface area contributed by atoms with Gasteiger partial charge in [-0.1, -0.05) is 11.6 Å². The lowest BCUT2D eigenvalue weighted by Crippen LogP contribution is -2.03. The maximum Gasteiger partial charge on any atom is 0.411 e. The Labute approximate surface area is 74.5 Å². The van der Waals surface area contributed by atoms with Crippen molar-refractivity contribution in [1.29, 1.82) is 0 Å². The van der Waals surface area contributed by atoms with Crippen molar-refractivity contribution >= 4 is 11.6 Å². The summed E-state index contributed by atoms with van der Waals surface area (Å²) in [7, 11) is 0. The summed E-state index contributed by atoms with van der Waals surface area (Å²) in [6.45, 7) is 0. The summed E-state index contributed by atoms with van der Waals surface area (Å²) < 4.78 is 68.5. The molecule has 0 N–H and O–H groups in total. The van der Waals surface area contributed by atoms with Crippen molar-refractivity contribution in [2.75, 3.05) is 0 Å². The van der Waals surface area contributed by atoms with E-state index in [-0.39, 0.29) is 12.2 Å². The molecule has 0 aliphatic rings. The Kier molecular flexibility index (Phi) is 3.84. The maximum absolute atomic E-state index is 11.4. The standard InChI is InChI=1S/C6H3ClF6/c7-4(3-6(11,12)13)1-2-5(8,9)10/h1-3H. The number of hydrogen-bond acceptors (Lipinski definition) is 0. The fourth-order valence-corrected chi connectivity index (χ4v) is 0.565. The Balaban J connectivity index is 4.40. The lowest BCUT2D eigenvalue weighted by atomic mass is 10.4. The lowest BCUT2D eigenvalue weighted by Gasteiger charge is -1.99. The van der Waals surface area contributed by atoms with Crippen LogP contribution in [0.3, 0.4) is 0 Å². The smallest absolute Gasteiger partial charge is 0.167 e. The van der Waals surface area contributed by atoms with Crippen molar-refractivity contribution in [2.24, 2.45) is 0 Å². The zero-order valence-corrected chi connectivity index (χ0v) is 6.63. The highest BCUT2D eigenvalue weighted by atomic mass is 35.5. The van der Waals surface area contributed by atoms with Gasteiger partial charge < -0.3 is 0 Å². The van der Waals surface area contributed by atoms with E-state index in [1.165, 1.54) is 0 Å². The highest BCUT2D eigenvalue weighted by molar-refractivity contribution is 6.31.